The van der Waals surface area contributed by atoms with Gasteiger partial charge in [0, 0.05) is 123 Å². The van der Waals surface area contributed by atoms with Gasteiger partial charge in [0.2, 0.25) is 0 Å². The lowest BCUT2D eigenvalue weighted by atomic mass is 9.95. The normalized spacial score (nSPS) is 11.4. The first-order valence-corrected chi connectivity index (χ1v) is 47.6. The van der Waals surface area contributed by atoms with Gasteiger partial charge in [-0.15, -0.1) is 0 Å². The van der Waals surface area contributed by atoms with Gasteiger partial charge in [-0.2, -0.15) is 0 Å². The lowest BCUT2D eigenvalue weighted by Crippen LogP contribution is -2.12. The molecular weight excluding hydrogens is 1700 g/mol. The lowest BCUT2D eigenvalue weighted by Gasteiger charge is -2.28. The maximum Gasteiger partial charge on any atom is 0.0978 e. The summed E-state index contributed by atoms with van der Waals surface area (Å²) in [6, 6.07) is 191. The van der Waals surface area contributed by atoms with Crippen LogP contribution in [0.5, 0.6) is 0 Å². The minimum Gasteiger partial charge on any atom is -0.311 e. The molecule has 0 amide bonds. The SMILES string of the molecule is c1ccc(-c2c3ccccc3nc3c2ccc2ccc(-c4ccc5cc6cc(-c7ccc(N(c8ccc(N(c9ccccc9)c9ccccc9)cc8)c8ccc9ccccc9c8)cc7)ccc6cc5c4)nc23)cc1.c1ccc(-c2c3ccccc3nc3c2ccc2ccc(-c4cccc(-c5ccc(N(c6ccc(N(c7ccccc7)c7ccccc7)cc6)c6ccc7ccccc7c6)cc5)c4)nc23)cc1. The van der Waals surface area contributed by atoms with Crippen molar-refractivity contribution in [2.75, 3.05) is 19.6 Å². The van der Waals surface area contributed by atoms with E-state index < -0.39 is 0 Å². The maximum atomic E-state index is 5.36. The Labute approximate surface area is 811 Å². The van der Waals surface area contributed by atoms with Gasteiger partial charge in [0.25, 0.3) is 0 Å². The molecule has 26 aromatic rings. The van der Waals surface area contributed by atoms with E-state index >= 15 is 0 Å². The number of para-hydroxylation sites is 6. The number of aromatic nitrogens is 4. The third kappa shape index (κ3) is 16.0. The molecular formula is C132H88N8. The zero-order valence-electron chi connectivity index (χ0n) is 76.4. The predicted molar refractivity (Wildman–Crippen MR) is 590 cm³/mol. The number of rotatable bonds is 18. The number of nitrogens with zero attached hydrogens (tertiary/aromatic N) is 8. The molecule has 0 bridgehead atoms. The summed E-state index contributed by atoms with van der Waals surface area (Å²) in [6.45, 7) is 0. The Morgan fingerprint density at radius 2 is 0.386 bits per heavy atom. The molecule has 0 saturated carbocycles. The van der Waals surface area contributed by atoms with Crippen LogP contribution in [0, 0.1) is 0 Å². The van der Waals surface area contributed by atoms with Crippen LogP contribution in [-0.4, -0.2) is 19.9 Å². The number of hydrogen-bond donors (Lipinski definition) is 0. The minimum absolute atomic E-state index is 0.900. The van der Waals surface area contributed by atoms with E-state index in [1.165, 1.54) is 70.9 Å². The van der Waals surface area contributed by atoms with Gasteiger partial charge in [0.15, 0.2) is 0 Å². The number of anilines is 12. The zero-order chi connectivity index (χ0) is 92.8. The van der Waals surface area contributed by atoms with Crippen LogP contribution in [0.15, 0.2) is 534 Å². The predicted octanol–water partition coefficient (Wildman–Crippen LogP) is 36.4. The highest BCUT2D eigenvalue weighted by Gasteiger charge is 2.24. The molecule has 8 nitrogen and oxygen atoms in total. The van der Waals surface area contributed by atoms with Gasteiger partial charge in [-0.25, -0.2) is 19.9 Å². The van der Waals surface area contributed by atoms with Crippen LogP contribution in [0.2, 0.25) is 0 Å². The maximum absolute atomic E-state index is 5.36. The molecule has 0 aliphatic rings. The van der Waals surface area contributed by atoms with Crippen LogP contribution in [0.1, 0.15) is 0 Å². The van der Waals surface area contributed by atoms with Crippen LogP contribution in [-0.2, 0) is 0 Å². The summed E-state index contributed by atoms with van der Waals surface area (Å²) in [7, 11) is 0. The topological polar surface area (TPSA) is 64.5 Å². The molecule has 0 spiro atoms. The summed E-state index contributed by atoms with van der Waals surface area (Å²) in [5, 5.41) is 16.2. The van der Waals surface area contributed by atoms with E-state index in [2.05, 4.69) is 553 Å². The molecule has 0 fully saturated rings. The molecule has 0 atom stereocenters. The van der Waals surface area contributed by atoms with Gasteiger partial charge < -0.3 is 19.6 Å². The van der Waals surface area contributed by atoms with Crippen LogP contribution in [0.3, 0.4) is 0 Å². The van der Waals surface area contributed by atoms with Crippen molar-refractivity contribution in [1.82, 2.24) is 19.9 Å². The highest BCUT2D eigenvalue weighted by molar-refractivity contribution is 6.18. The molecule has 0 radical (unpaired) electrons. The van der Waals surface area contributed by atoms with Crippen molar-refractivity contribution in [3.05, 3.63) is 534 Å². The van der Waals surface area contributed by atoms with Gasteiger partial charge in [-0.05, 0) is 277 Å². The Morgan fingerprint density at radius 3 is 0.793 bits per heavy atom. The first kappa shape index (κ1) is 83.1. The summed E-state index contributed by atoms with van der Waals surface area (Å²) >= 11 is 0. The van der Waals surface area contributed by atoms with Crippen molar-refractivity contribution in [2.45, 2.75) is 0 Å². The fourth-order valence-electron chi connectivity index (χ4n) is 20.3. The van der Waals surface area contributed by atoms with Gasteiger partial charge >= 0.3 is 0 Å². The quantitative estimate of drug-likeness (QED) is 0.0622. The molecule has 0 unspecified atom stereocenters. The number of pyridine rings is 4. The van der Waals surface area contributed by atoms with Crippen LogP contribution >= 0.6 is 0 Å². The second-order valence-corrected chi connectivity index (χ2v) is 35.6. The fraction of sp³-hybridized carbons (Fsp3) is 0. The van der Waals surface area contributed by atoms with Gasteiger partial charge in [-0.3, -0.25) is 0 Å². The van der Waals surface area contributed by atoms with E-state index in [1.807, 2.05) is 0 Å². The smallest absolute Gasteiger partial charge is 0.0978 e. The van der Waals surface area contributed by atoms with Gasteiger partial charge in [-0.1, -0.05) is 334 Å². The third-order valence-corrected chi connectivity index (χ3v) is 27.1. The van der Waals surface area contributed by atoms with Crippen LogP contribution in [0.4, 0.5) is 68.2 Å². The Hall–Kier alpha value is -18.8. The molecule has 8 heteroatoms. The summed E-state index contributed by atoms with van der Waals surface area (Å²) in [5.74, 6) is 0. The number of fused-ring (bicyclic) bond motifs is 12. The summed E-state index contributed by atoms with van der Waals surface area (Å²) in [4.78, 5) is 30.5. The molecule has 140 heavy (non-hydrogen) atoms. The highest BCUT2D eigenvalue weighted by atomic mass is 15.2. The first-order valence-electron chi connectivity index (χ1n) is 47.6. The van der Waals surface area contributed by atoms with Crippen molar-refractivity contribution in [3.63, 3.8) is 0 Å². The second kappa shape index (κ2) is 36.2. The van der Waals surface area contributed by atoms with Gasteiger partial charge in [0.05, 0.1) is 44.5 Å². The van der Waals surface area contributed by atoms with Crippen molar-refractivity contribution in [1.29, 1.82) is 0 Å². The molecule has 22 aromatic carbocycles. The van der Waals surface area contributed by atoms with E-state index in [9.17, 15) is 0 Å². The molecule has 4 aromatic heterocycles. The highest BCUT2D eigenvalue weighted by Crippen LogP contribution is 2.47. The summed E-state index contributed by atoms with van der Waals surface area (Å²) in [6.07, 6.45) is 0. The molecule has 0 aliphatic carbocycles. The van der Waals surface area contributed by atoms with E-state index in [0.29, 0.717) is 0 Å². The average molecular weight is 1790 g/mol. The summed E-state index contributed by atoms with van der Waals surface area (Å²) in [5.41, 5.74) is 31.9. The standard InChI is InChI=1S/C70H46N4.C62H42N4/c1-4-15-49(16-5-1)68-64-22-12-13-23-67(64)72-70-65(68)40-31-50-32-41-66(71-69(50)70)55-27-26-54-43-56-42-52(24-25-53(56)44-57(54)45-55)48-28-33-60(34-29-48)74(63-35-30-47-14-10-11-17-51(47)46-63)62-38-36-61(37-39-62)73(58-18-6-2-7-19-58)59-20-8-3-9-21-59;1-4-16-45(17-5-1)60-56-25-12-13-26-59(56)64-62-57(60)39-30-46-31-40-58(63-61(46)62)49-20-14-19-47(41-49)44-27-32-52(33-28-44)66(55-34-29-43-15-10-11-18-48(43)42-55)54-37-35-53(36-38-54)65(50-21-6-2-7-22-50)51-23-8-3-9-24-51/h1-46H;1-42H. The summed E-state index contributed by atoms with van der Waals surface area (Å²) < 4.78 is 0. The molecule has 0 N–H and O–H groups in total. The zero-order valence-corrected chi connectivity index (χ0v) is 76.4. The average Bonchev–Trinajstić information content (AvgIpc) is 0.714. The van der Waals surface area contributed by atoms with E-state index in [-0.39, 0.29) is 0 Å². The monoisotopic (exact) mass is 1780 g/mol. The van der Waals surface area contributed by atoms with Crippen molar-refractivity contribution in [3.8, 4) is 67.0 Å². The third-order valence-electron chi connectivity index (χ3n) is 27.1. The van der Waals surface area contributed by atoms with Crippen molar-refractivity contribution >= 4 is 177 Å². The molecule has 4 heterocycles. The van der Waals surface area contributed by atoms with Crippen LogP contribution in [0.25, 0.3) is 176 Å². The molecule has 26 rings (SSSR count). The largest absolute Gasteiger partial charge is 0.311 e. The number of hydrogen-bond acceptors (Lipinski definition) is 8. The van der Waals surface area contributed by atoms with E-state index in [1.54, 1.807) is 0 Å². The van der Waals surface area contributed by atoms with Crippen molar-refractivity contribution < 1.29 is 0 Å². The first-order chi connectivity index (χ1) is 69.4. The minimum atomic E-state index is 0.900. The Morgan fingerprint density at radius 1 is 0.121 bits per heavy atom. The van der Waals surface area contributed by atoms with Crippen molar-refractivity contribution in [2.24, 2.45) is 0 Å². The number of benzene rings is 22. The van der Waals surface area contributed by atoms with E-state index in [0.717, 1.165) is 173 Å². The Bertz CT molecular complexity index is 9080. The lowest BCUT2D eigenvalue weighted by molar-refractivity contribution is 1.26. The fourth-order valence-corrected chi connectivity index (χ4v) is 20.3. The molecule has 656 valence electrons. The Kier molecular flexibility index (Phi) is 21.5. The molecule has 0 saturated heterocycles. The molecule has 0 aliphatic heterocycles. The second-order valence-electron chi connectivity index (χ2n) is 35.6. The Balaban J connectivity index is 0.000000149. The van der Waals surface area contributed by atoms with Crippen LogP contribution < -0.4 is 19.6 Å². The van der Waals surface area contributed by atoms with E-state index in [4.69, 9.17) is 19.9 Å². The van der Waals surface area contributed by atoms with Gasteiger partial charge in [0.1, 0.15) is 0 Å².